The molecule has 0 fully saturated rings. The summed E-state index contributed by atoms with van der Waals surface area (Å²) in [6.07, 6.45) is 0.857. The highest BCUT2D eigenvalue weighted by Crippen LogP contribution is 2.16. The number of rotatable bonds is 8. The summed E-state index contributed by atoms with van der Waals surface area (Å²) in [6.45, 7) is 1.90. The summed E-state index contributed by atoms with van der Waals surface area (Å²) in [7, 11) is 0. The number of hydrogen-bond acceptors (Lipinski definition) is 7. The molecule has 2 heterocycles. The van der Waals surface area contributed by atoms with Crippen molar-refractivity contribution in [3.05, 3.63) is 60.2 Å². The number of nitrogens with zero attached hydrogens (tertiary/aromatic N) is 2. The number of carbonyl (C=O) groups excluding carboxylic acids is 2. The number of aryl methyl sites for hydroxylation is 1. The summed E-state index contributed by atoms with van der Waals surface area (Å²) in [4.78, 5) is 28.1. The first kappa shape index (κ1) is 18.4. The van der Waals surface area contributed by atoms with Crippen molar-refractivity contribution in [2.24, 2.45) is 0 Å². The molecule has 8 heteroatoms. The molecule has 0 spiro atoms. The van der Waals surface area contributed by atoms with Crippen LogP contribution in [0.4, 0.5) is 0 Å². The molecule has 8 nitrogen and oxygen atoms in total. The monoisotopic (exact) mass is 369 g/mol. The predicted octanol–water partition coefficient (Wildman–Crippen LogP) is 2.51. The Bertz CT molecular complexity index is 874. The van der Waals surface area contributed by atoms with E-state index >= 15 is 0 Å². The fourth-order valence-corrected chi connectivity index (χ4v) is 2.31. The fourth-order valence-electron chi connectivity index (χ4n) is 2.31. The molecule has 1 N–H and O–H groups in total. The van der Waals surface area contributed by atoms with Crippen molar-refractivity contribution in [3.8, 4) is 11.6 Å². The summed E-state index contributed by atoms with van der Waals surface area (Å²) < 4.78 is 15.4. The highest BCUT2D eigenvalue weighted by molar-refractivity contribution is 5.83. The number of hydrogen-bond donors (Lipinski definition) is 1. The second-order valence-electron chi connectivity index (χ2n) is 5.82. The Balaban J connectivity index is 1.41. The van der Waals surface area contributed by atoms with Gasteiger partial charge in [-0.3, -0.25) is 9.59 Å². The topological polar surface area (TPSA) is 107 Å². The Labute approximate surface area is 155 Å². The Morgan fingerprint density at radius 1 is 1.19 bits per heavy atom. The number of ether oxygens (including phenoxy) is 1. The molecule has 1 unspecified atom stereocenters. The van der Waals surface area contributed by atoms with E-state index in [0.29, 0.717) is 24.0 Å². The van der Waals surface area contributed by atoms with Gasteiger partial charge >= 0.3 is 5.97 Å². The third-order valence-electron chi connectivity index (χ3n) is 3.74. The molecule has 27 heavy (non-hydrogen) atoms. The highest BCUT2D eigenvalue weighted by atomic mass is 16.5. The maximum absolute atomic E-state index is 12.0. The lowest BCUT2D eigenvalue weighted by atomic mass is 10.2. The zero-order valence-corrected chi connectivity index (χ0v) is 14.8. The molecule has 1 atom stereocenters. The van der Waals surface area contributed by atoms with E-state index in [9.17, 15) is 9.59 Å². The van der Waals surface area contributed by atoms with Gasteiger partial charge in [0, 0.05) is 13.0 Å². The van der Waals surface area contributed by atoms with Crippen LogP contribution in [0.5, 0.6) is 0 Å². The molecule has 0 saturated heterocycles. The lowest BCUT2D eigenvalue weighted by Gasteiger charge is -2.13. The number of carbonyl (C=O) groups is 2. The lowest BCUT2D eigenvalue weighted by Crippen LogP contribution is -2.35. The minimum Gasteiger partial charge on any atom is -0.461 e. The van der Waals surface area contributed by atoms with Crippen molar-refractivity contribution in [1.82, 2.24) is 15.5 Å². The van der Waals surface area contributed by atoms with Gasteiger partial charge < -0.3 is 19.0 Å². The van der Waals surface area contributed by atoms with Crippen LogP contribution in [0.3, 0.4) is 0 Å². The molecule has 0 aliphatic carbocycles. The number of furan rings is 1. The van der Waals surface area contributed by atoms with Gasteiger partial charge in [0.1, 0.15) is 0 Å². The standard InChI is InChI=1S/C19H19N3O5/c1-13(19(24)20-12-14-6-3-2-4-7-14)26-17(23)10-9-16-21-18(22-27-16)15-8-5-11-25-15/h2-8,11,13H,9-10,12H2,1H3,(H,20,24). The summed E-state index contributed by atoms with van der Waals surface area (Å²) in [5, 5.41) is 6.51. The molecule has 0 aliphatic rings. The van der Waals surface area contributed by atoms with Crippen LogP contribution in [-0.4, -0.2) is 28.1 Å². The van der Waals surface area contributed by atoms with Gasteiger partial charge in [-0.05, 0) is 24.6 Å². The average Bonchev–Trinajstić information content (AvgIpc) is 3.36. The Hall–Kier alpha value is -3.42. The minimum atomic E-state index is -0.887. The summed E-state index contributed by atoms with van der Waals surface area (Å²) in [5.41, 5.74) is 0.966. The van der Waals surface area contributed by atoms with Crippen LogP contribution in [0.25, 0.3) is 11.6 Å². The van der Waals surface area contributed by atoms with Gasteiger partial charge in [-0.25, -0.2) is 0 Å². The molecule has 1 aromatic carbocycles. The lowest BCUT2D eigenvalue weighted by molar-refractivity contribution is -0.154. The third kappa shape index (κ3) is 5.27. The van der Waals surface area contributed by atoms with Crippen molar-refractivity contribution in [1.29, 1.82) is 0 Å². The van der Waals surface area contributed by atoms with Crippen LogP contribution in [0.1, 0.15) is 24.8 Å². The Kier molecular flexibility index (Phi) is 5.98. The molecule has 3 rings (SSSR count). The summed E-state index contributed by atoms with van der Waals surface area (Å²) >= 11 is 0. The largest absolute Gasteiger partial charge is 0.461 e. The molecular weight excluding hydrogens is 350 g/mol. The molecule has 2 aromatic heterocycles. The van der Waals surface area contributed by atoms with Crippen LogP contribution in [0, 0.1) is 0 Å². The number of nitrogens with one attached hydrogen (secondary N) is 1. The maximum atomic E-state index is 12.0. The first-order valence-corrected chi connectivity index (χ1v) is 8.49. The van der Waals surface area contributed by atoms with Gasteiger partial charge in [0.2, 0.25) is 11.7 Å². The Morgan fingerprint density at radius 2 is 2.00 bits per heavy atom. The van der Waals surface area contributed by atoms with Gasteiger partial charge in [-0.2, -0.15) is 4.98 Å². The van der Waals surface area contributed by atoms with E-state index in [2.05, 4.69) is 15.5 Å². The van der Waals surface area contributed by atoms with Crippen molar-refractivity contribution in [2.45, 2.75) is 32.4 Å². The van der Waals surface area contributed by atoms with Crippen LogP contribution in [0.15, 0.2) is 57.7 Å². The Morgan fingerprint density at radius 3 is 2.74 bits per heavy atom. The number of aromatic nitrogens is 2. The SMILES string of the molecule is CC(OC(=O)CCc1nc(-c2ccco2)no1)C(=O)NCc1ccccc1. The van der Waals surface area contributed by atoms with Crippen molar-refractivity contribution < 1.29 is 23.3 Å². The number of benzene rings is 1. The molecule has 1 amide bonds. The predicted molar refractivity (Wildman–Crippen MR) is 94.2 cm³/mol. The second kappa shape index (κ2) is 8.79. The van der Waals surface area contributed by atoms with Crippen molar-refractivity contribution in [3.63, 3.8) is 0 Å². The van der Waals surface area contributed by atoms with Crippen molar-refractivity contribution >= 4 is 11.9 Å². The maximum Gasteiger partial charge on any atom is 0.307 e. The molecule has 0 saturated carbocycles. The van der Waals surface area contributed by atoms with Crippen LogP contribution in [0.2, 0.25) is 0 Å². The van der Waals surface area contributed by atoms with E-state index in [1.54, 1.807) is 12.1 Å². The van der Waals surface area contributed by atoms with Gasteiger partial charge in [0.25, 0.3) is 5.91 Å². The van der Waals surface area contributed by atoms with Crippen molar-refractivity contribution in [2.75, 3.05) is 0 Å². The second-order valence-corrected chi connectivity index (χ2v) is 5.82. The minimum absolute atomic E-state index is 0.0239. The zero-order chi connectivity index (χ0) is 19.1. The molecule has 3 aromatic rings. The third-order valence-corrected chi connectivity index (χ3v) is 3.74. The van der Waals surface area contributed by atoms with E-state index in [-0.39, 0.29) is 18.7 Å². The van der Waals surface area contributed by atoms with Gasteiger partial charge in [-0.1, -0.05) is 35.5 Å². The van der Waals surface area contributed by atoms with Gasteiger partial charge in [-0.15, -0.1) is 0 Å². The van der Waals surface area contributed by atoms with Crippen LogP contribution >= 0.6 is 0 Å². The summed E-state index contributed by atoms with van der Waals surface area (Å²) in [5.74, 6) is 0.216. The quantitative estimate of drug-likeness (QED) is 0.608. The van der Waals surface area contributed by atoms with E-state index < -0.39 is 12.1 Å². The van der Waals surface area contributed by atoms with E-state index in [1.165, 1.54) is 13.2 Å². The molecule has 140 valence electrons. The average molecular weight is 369 g/mol. The fraction of sp³-hybridized carbons (Fsp3) is 0.263. The van der Waals surface area contributed by atoms with Gasteiger partial charge in [0.15, 0.2) is 11.9 Å². The van der Waals surface area contributed by atoms with E-state index in [0.717, 1.165) is 5.56 Å². The molecule has 0 aliphatic heterocycles. The smallest absolute Gasteiger partial charge is 0.307 e. The first-order valence-electron chi connectivity index (χ1n) is 8.49. The molecule has 0 bridgehead atoms. The van der Waals surface area contributed by atoms with Crippen LogP contribution in [-0.2, 0) is 27.3 Å². The van der Waals surface area contributed by atoms with E-state index in [4.69, 9.17) is 13.7 Å². The first-order chi connectivity index (χ1) is 13.1. The molecular formula is C19H19N3O5. The number of esters is 1. The highest BCUT2D eigenvalue weighted by Gasteiger charge is 2.18. The van der Waals surface area contributed by atoms with Gasteiger partial charge in [0.05, 0.1) is 12.7 Å². The molecule has 0 radical (unpaired) electrons. The normalized spacial score (nSPS) is 11.7. The zero-order valence-electron chi connectivity index (χ0n) is 14.8. The summed E-state index contributed by atoms with van der Waals surface area (Å²) in [6, 6.07) is 12.9. The van der Waals surface area contributed by atoms with E-state index in [1.807, 2.05) is 30.3 Å². The van der Waals surface area contributed by atoms with Crippen LogP contribution < -0.4 is 5.32 Å². The number of amides is 1.